The zero-order chi connectivity index (χ0) is 22.5. The van der Waals surface area contributed by atoms with E-state index in [2.05, 4.69) is 135 Å². The first-order chi connectivity index (χ1) is 15.3. The normalized spacial score (nSPS) is 17.5. The van der Waals surface area contributed by atoms with Gasteiger partial charge in [0.15, 0.2) is 0 Å². The van der Waals surface area contributed by atoms with Crippen molar-refractivity contribution in [2.45, 2.75) is 44.9 Å². The van der Waals surface area contributed by atoms with Gasteiger partial charge in [-0.2, -0.15) is 0 Å². The first-order valence-electron chi connectivity index (χ1n) is 11.4. The van der Waals surface area contributed by atoms with Crippen molar-refractivity contribution >= 4 is 15.9 Å². The molecular weight excluding hydrogens is 452 g/mol. The molecule has 160 valence electrons. The van der Waals surface area contributed by atoms with Gasteiger partial charge in [-0.1, -0.05) is 121 Å². The van der Waals surface area contributed by atoms with E-state index in [1.54, 1.807) is 0 Å². The Labute approximate surface area is 200 Å². The van der Waals surface area contributed by atoms with Gasteiger partial charge < -0.3 is 0 Å². The fourth-order valence-corrected chi connectivity index (χ4v) is 5.32. The van der Waals surface area contributed by atoms with E-state index in [4.69, 9.17) is 0 Å². The van der Waals surface area contributed by atoms with Crippen molar-refractivity contribution in [3.05, 3.63) is 140 Å². The molecule has 0 N–H and O–H groups in total. The summed E-state index contributed by atoms with van der Waals surface area (Å²) >= 11 is 3.61. The standard InChI is InChI=1S/C31H29Br/c1-20-9-11-21(12-10-20)30-26-8-6-5-7-25(26)29(22-13-16-24(32)17-14-22)27-18-15-23(19-28(27)30)31(2,3)4/h5-19,29-30H,1-4H3. The molecule has 1 aliphatic rings. The first-order valence-corrected chi connectivity index (χ1v) is 12.2. The Morgan fingerprint density at radius 3 is 1.66 bits per heavy atom. The van der Waals surface area contributed by atoms with Crippen molar-refractivity contribution in [3.63, 3.8) is 0 Å². The van der Waals surface area contributed by atoms with Gasteiger partial charge in [0.05, 0.1) is 0 Å². The van der Waals surface area contributed by atoms with Gasteiger partial charge in [0, 0.05) is 16.3 Å². The van der Waals surface area contributed by atoms with Crippen LogP contribution in [-0.4, -0.2) is 0 Å². The minimum atomic E-state index is 0.108. The average molecular weight is 481 g/mol. The summed E-state index contributed by atoms with van der Waals surface area (Å²) in [5, 5.41) is 0. The molecule has 0 bridgehead atoms. The number of hydrogen-bond donors (Lipinski definition) is 0. The third-order valence-corrected chi connectivity index (χ3v) is 7.34. The van der Waals surface area contributed by atoms with Crippen LogP contribution < -0.4 is 0 Å². The molecule has 2 unspecified atom stereocenters. The third kappa shape index (κ3) is 3.73. The Bertz CT molecular complexity index is 1260. The van der Waals surface area contributed by atoms with Gasteiger partial charge in [-0.3, -0.25) is 0 Å². The maximum Gasteiger partial charge on any atom is 0.0346 e. The molecule has 0 aromatic heterocycles. The van der Waals surface area contributed by atoms with Crippen LogP contribution in [0.4, 0.5) is 0 Å². The molecule has 1 heteroatoms. The maximum absolute atomic E-state index is 3.61. The molecular formula is C31H29Br. The fourth-order valence-electron chi connectivity index (χ4n) is 5.06. The Balaban J connectivity index is 1.80. The molecule has 0 spiro atoms. The van der Waals surface area contributed by atoms with Gasteiger partial charge in [-0.15, -0.1) is 0 Å². The number of fused-ring (bicyclic) bond motifs is 2. The van der Waals surface area contributed by atoms with Crippen molar-refractivity contribution in [1.29, 1.82) is 0 Å². The summed E-state index contributed by atoms with van der Waals surface area (Å²) in [6.45, 7) is 9.07. The Morgan fingerprint density at radius 1 is 0.594 bits per heavy atom. The monoisotopic (exact) mass is 480 g/mol. The molecule has 0 radical (unpaired) electrons. The van der Waals surface area contributed by atoms with Crippen LogP contribution in [0.5, 0.6) is 0 Å². The first kappa shape index (κ1) is 21.2. The Hall–Kier alpha value is -2.64. The molecule has 0 aliphatic heterocycles. The summed E-state index contributed by atoms with van der Waals surface area (Å²) < 4.78 is 1.12. The molecule has 5 rings (SSSR count). The van der Waals surface area contributed by atoms with E-state index in [0.717, 1.165) is 4.47 Å². The maximum atomic E-state index is 3.61. The lowest BCUT2D eigenvalue weighted by Crippen LogP contribution is -2.22. The van der Waals surface area contributed by atoms with Crippen LogP contribution in [0.3, 0.4) is 0 Å². The second-order valence-corrected chi connectivity index (χ2v) is 11.0. The van der Waals surface area contributed by atoms with Gasteiger partial charge in [0.25, 0.3) is 0 Å². The van der Waals surface area contributed by atoms with E-state index < -0.39 is 0 Å². The summed E-state index contributed by atoms with van der Waals surface area (Å²) in [5.74, 6) is 0.487. The van der Waals surface area contributed by atoms with Crippen molar-refractivity contribution in [2.75, 3.05) is 0 Å². The Kier molecular flexibility index (Phi) is 5.34. The number of aryl methyl sites for hydroxylation is 1. The lowest BCUT2D eigenvalue weighted by atomic mass is 9.67. The van der Waals surface area contributed by atoms with Crippen LogP contribution in [0.2, 0.25) is 0 Å². The highest BCUT2D eigenvalue weighted by molar-refractivity contribution is 9.10. The van der Waals surface area contributed by atoms with E-state index in [-0.39, 0.29) is 17.3 Å². The molecule has 32 heavy (non-hydrogen) atoms. The molecule has 0 fully saturated rings. The summed E-state index contributed by atoms with van der Waals surface area (Å²) in [6, 6.07) is 34.2. The molecule has 2 atom stereocenters. The molecule has 0 saturated carbocycles. The lowest BCUT2D eigenvalue weighted by molar-refractivity contribution is 0.588. The van der Waals surface area contributed by atoms with Gasteiger partial charge in [-0.25, -0.2) is 0 Å². The minimum Gasteiger partial charge on any atom is -0.0619 e. The highest BCUT2D eigenvalue weighted by Gasteiger charge is 2.34. The van der Waals surface area contributed by atoms with Crippen molar-refractivity contribution in [2.24, 2.45) is 0 Å². The van der Waals surface area contributed by atoms with Gasteiger partial charge in [0.1, 0.15) is 0 Å². The number of hydrogen-bond acceptors (Lipinski definition) is 0. The van der Waals surface area contributed by atoms with E-state index in [1.165, 1.54) is 44.5 Å². The number of rotatable bonds is 2. The van der Waals surface area contributed by atoms with Crippen LogP contribution in [0.15, 0.2) is 95.5 Å². The van der Waals surface area contributed by atoms with Gasteiger partial charge >= 0.3 is 0 Å². The molecule has 0 nitrogen and oxygen atoms in total. The van der Waals surface area contributed by atoms with E-state index in [1.807, 2.05) is 0 Å². The molecule has 4 aromatic rings. The van der Waals surface area contributed by atoms with Crippen LogP contribution in [0.1, 0.15) is 77.1 Å². The zero-order valence-corrected chi connectivity index (χ0v) is 20.8. The second-order valence-electron chi connectivity index (χ2n) is 10.1. The molecule has 1 aliphatic carbocycles. The second kappa shape index (κ2) is 8.05. The summed E-state index contributed by atoms with van der Waals surface area (Å²) in [5.41, 5.74) is 11.2. The van der Waals surface area contributed by atoms with Crippen molar-refractivity contribution in [1.82, 2.24) is 0 Å². The molecule has 0 amide bonds. The highest BCUT2D eigenvalue weighted by Crippen LogP contribution is 2.49. The van der Waals surface area contributed by atoms with Crippen LogP contribution in [0, 0.1) is 6.92 Å². The predicted molar refractivity (Wildman–Crippen MR) is 139 cm³/mol. The summed E-state index contributed by atoms with van der Waals surface area (Å²) in [6.07, 6.45) is 0. The molecule has 0 heterocycles. The molecule has 4 aromatic carbocycles. The average Bonchev–Trinajstić information content (AvgIpc) is 2.78. The van der Waals surface area contributed by atoms with E-state index in [0.29, 0.717) is 0 Å². The van der Waals surface area contributed by atoms with Crippen LogP contribution in [-0.2, 0) is 5.41 Å². The number of benzene rings is 4. The lowest BCUT2D eigenvalue weighted by Gasteiger charge is -2.36. The van der Waals surface area contributed by atoms with Crippen LogP contribution >= 0.6 is 15.9 Å². The summed E-state index contributed by atoms with van der Waals surface area (Å²) in [7, 11) is 0. The van der Waals surface area contributed by atoms with Crippen LogP contribution in [0.25, 0.3) is 0 Å². The van der Waals surface area contributed by atoms with Crippen molar-refractivity contribution in [3.8, 4) is 0 Å². The Morgan fingerprint density at radius 2 is 1.09 bits per heavy atom. The largest absolute Gasteiger partial charge is 0.0619 e. The quantitative estimate of drug-likeness (QED) is 0.237. The van der Waals surface area contributed by atoms with Gasteiger partial charge in [-0.05, 0) is 63.4 Å². The van der Waals surface area contributed by atoms with E-state index in [9.17, 15) is 0 Å². The fraction of sp³-hybridized carbons (Fsp3) is 0.226. The zero-order valence-electron chi connectivity index (χ0n) is 19.2. The number of halogens is 1. The van der Waals surface area contributed by atoms with Gasteiger partial charge in [0.2, 0.25) is 0 Å². The smallest absolute Gasteiger partial charge is 0.0346 e. The van der Waals surface area contributed by atoms with E-state index >= 15 is 0 Å². The highest BCUT2D eigenvalue weighted by atomic mass is 79.9. The summed E-state index contributed by atoms with van der Waals surface area (Å²) in [4.78, 5) is 0. The SMILES string of the molecule is Cc1ccc(C2c3ccccc3C(c3ccc(Br)cc3)c3ccc(C(C)(C)C)cc32)cc1. The van der Waals surface area contributed by atoms with Crippen molar-refractivity contribution < 1.29 is 0 Å². The predicted octanol–water partition coefficient (Wildman–Crippen LogP) is 8.73. The third-order valence-electron chi connectivity index (χ3n) is 6.81. The molecule has 0 saturated heterocycles. The minimum absolute atomic E-state index is 0.108. The topological polar surface area (TPSA) is 0 Å².